The van der Waals surface area contributed by atoms with E-state index in [1.54, 1.807) is 6.20 Å². The number of nitrogens with zero attached hydrogens (tertiary/aromatic N) is 3. The SMILES string of the molecule is CCCCCCOc1ccc(N=Nc2ccc(C)cn2)cc1. The van der Waals surface area contributed by atoms with Crippen molar-refractivity contribution in [3.05, 3.63) is 48.2 Å². The summed E-state index contributed by atoms with van der Waals surface area (Å²) in [6.45, 7) is 4.98. The second kappa shape index (κ2) is 8.93. The van der Waals surface area contributed by atoms with Crippen molar-refractivity contribution in [2.45, 2.75) is 39.5 Å². The lowest BCUT2D eigenvalue weighted by Crippen LogP contribution is -1.96. The summed E-state index contributed by atoms with van der Waals surface area (Å²) in [4.78, 5) is 4.19. The second-order valence-electron chi connectivity index (χ2n) is 5.30. The van der Waals surface area contributed by atoms with Crippen LogP contribution in [-0.4, -0.2) is 11.6 Å². The van der Waals surface area contributed by atoms with Crippen molar-refractivity contribution in [2.75, 3.05) is 6.61 Å². The van der Waals surface area contributed by atoms with E-state index in [9.17, 15) is 0 Å². The maximum Gasteiger partial charge on any atom is 0.174 e. The Hall–Kier alpha value is -2.23. The number of pyridine rings is 1. The van der Waals surface area contributed by atoms with E-state index in [4.69, 9.17) is 4.74 Å². The molecule has 116 valence electrons. The topological polar surface area (TPSA) is 46.8 Å². The van der Waals surface area contributed by atoms with Gasteiger partial charge in [-0.1, -0.05) is 32.3 Å². The summed E-state index contributed by atoms with van der Waals surface area (Å²) in [6, 6.07) is 11.5. The van der Waals surface area contributed by atoms with Crippen molar-refractivity contribution in [3.63, 3.8) is 0 Å². The minimum atomic E-state index is 0.613. The molecule has 1 aromatic carbocycles. The summed E-state index contributed by atoms with van der Waals surface area (Å²) in [6.07, 6.45) is 6.63. The first kappa shape index (κ1) is 16.1. The highest BCUT2D eigenvalue weighted by atomic mass is 16.5. The van der Waals surface area contributed by atoms with Gasteiger partial charge in [-0.3, -0.25) is 0 Å². The van der Waals surface area contributed by atoms with Gasteiger partial charge in [0.2, 0.25) is 0 Å². The summed E-state index contributed by atoms with van der Waals surface area (Å²) in [5, 5.41) is 8.29. The van der Waals surface area contributed by atoms with Crippen LogP contribution in [0.15, 0.2) is 52.8 Å². The number of aromatic nitrogens is 1. The summed E-state index contributed by atoms with van der Waals surface area (Å²) in [5.74, 6) is 1.49. The van der Waals surface area contributed by atoms with Crippen LogP contribution in [0.25, 0.3) is 0 Å². The normalized spacial score (nSPS) is 11.0. The van der Waals surface area contributed by atoms with E-state index in [0.29, 0.717) is 5.82 Å². The zero-order valence-corrected chi connectivity index (χ0v) is 13.3. The third-order valence-corrected chi connectivity index (χ3v) is 3.27. The number of aryl methyl sites for hydroxylation is 1. The Labute approximate surface area is 132 Å². The highest BCUT2D eigenvalue weighted by Crippen LogP contribution is 2.20. The summed E-state index contributed by atoms with van der Waals surface area (Å²) < 4.78 is 5.70. The van der Waals surface area contributed by atoms with Crippen LogP contribution in [0.3, 0.4) is 0 Å². The van der Waals surface area contributed by atoms with Crippen LogP contribution in [0, 0.1) is 6.92 Å². The van der Waals surface area contributed by atoms with Gasteiger partial charge in [0, 0.05) is 6.20 Å². The fourth-order valence-corrected chi connectivity index (χ4v) is 1.96. The van der Waals surface area contributed by atoms with Gasteiger partial charge in [0.25, 0.3) is 0 Å². The lowest BCUT2D eigenvalue weighted by atomic mass is 10.2. The predicted molar refractivity (Wildman–Crippen MR) is 89.2 cm³/mol. The van der Waals surface area contributed by atoms with E-state index in [1.165, 1.54) is 19.3 Å². The van der Waals surface area contributed by atoms with Crippen molar-refractivity contribution < 1.29 is 4.74 Å². The Bertz CT molecular complexity index is 576. The molecule has 0 fully saturated rings. The molecule has 22 heavy (non-hydrogen) atoms. The van der Waals surface area contributed by atoms with Gasteiger partial charge >= 0.3 is 0 Å². The minimum Gasteiger partial charge on any atom is -0.494 e. The molecule has 0 amide bonds. The van der Waals surface area contributed by atoms with Crippen molar-refractivity contribution >= 4 is 11.5 Å². The van der Waals surface area contributed by atoms with Crippen LogP contribution >= 0.6 is 0 Å². The molecule has 0 aliphatic rings. The fourth-order valence-electron chi connectivity index (χ4n) is 1.96. The van der Waals surface area contributed by atoms with Gasteiger partial charge < -0.3 is 4.74 Å². The third-order valence-electron chi connectivity index (χ3n) is 3.27. The van der Waals surface area contributed by atoms with E-state index in [2.05, 4.69) is 22.1 Å². The Morgan fingerprint density at radius 2 is 1.77 bits per heavy atom. The van der Waals surface area contributed by atoms with E-state index < -0.39 is 0 Å². The highest BCUT2D eigenvalue weighted by molar-refractivity contribution is 5.41. The molecule has 0 aliphatic heterocycles. The highest BCUT2D eigenvalue weighted by Gasteiger charge is 1.96. The number of hydrogen-bond donors (Lipinski definition) is 0. The third kappa shape index (κ3) is 5.64. The molecule has 0 radical (unpaired) electrons. The molecule has 2 aromatic rings. The van der Waals surface area contributed by atoms with Crippen LogP contribution in [0.4, 0.5) is 11.5 Å². The molecule has 2 rings (SSSR count). The fraction of sp³-hybridized carbons (Fsp3) is 0.389. The largest absolute Gasteiger partial charge is 0.494 e. The van der Waals surface area contributed by atoms with E-state index >= 15 is 0 Å². The van der Waals surface area contributed by atoms with Gasteiger partial charge in [0.05, 0.1) is 12.3 Å². The van der Waals surface area contributed by atoms with Crippen LogP contribution in [0.2, 0.25) is 0 Å². The smallest absolute Gasteiger partial charge is 0.174 e. The number of unbranched alkanes of at least 4 members (excludes halogenated alkanes) is 3. The van der Waals surface area contributed by atoms with Gasteiger partial charge in [-0.25, -0.2) is 4.98 Å². The van der Waals surface area contributed by atoms with Crippen molar-refractivity contribution in [3.8, 4) is 5.75 Å². The van der Waals surface area contributed by atoms with E-state index in [1.807, 2.05) is 43.3 Å². The molecule has 0 bridgehead atoms. The molecule has 0 unspecified atom stereocenters. The molecule has 0 aliphatic carbocycles. The summed E-state index contributed by atoms with van der Waals surface area (Å²) in [7, 11) is 0. The zero-order valence-electron chi connectivity index (χ0n) is 13.3. The Kier molecular flexibility index (Phi) is 6.55. The summed E-state index contributed by atoms with van der Waals surface area (Å²) >= 11 is 0. The first-order valence-electron chi connectivity index (χ1n) is 7.85. The molecule has 4 nitrogen and oxygen atoms in total. The molecular formula is C18H23N3O. The summed E-state index contributed by atoms with van der Waals surface area (Å²) in [5.41, 5.74) is 1.90. The van der Waals surface area contributed by atoms with Crippen LogP contribution in [0.5, 0.6) is 5.75 Å². The zero-order chi connectivity index (χ0) is 15.6. The van der Waals surface area contributed by atoms with Crippen molar-refractivity contribution in [2.24, 2.45) is 10.2 Å². The lowest BCUT2D eigenvalue weighted by molar-refractivity contribution is 0.305. The Morgan fingerprint density at radius 3 is 2.45 bits per heavy atom. The Balaban J connectivity index is 1.82. The van der Waals surface area contributed by atoms with E-state index in [-0.39, 0.29) is 0 Å². The van der Waals surface area contributed by atoms with Gasteiger partial charge in [-0.05, 0) is 49.2 Å². The van der Waals surface area contributed by atoms with Gasteiger partial charge in [0.1, 0.15) is 5.75 Å². The lowest BCUT2D eigenvalue weighted by Gasteiger charge is -2.05. The monoisotopic (exact) mass is 297 g/mol. The van der Waals surface area contributed by atoms with Gasteiger partial charge in [-0.15, -0.1) is 10.2 Å². The van der Waals surface area contributed by atoms with Gasteiger partial charge in [0.15, 0.2) is 5.82 Å². The minimum absolute atomic E-state index is 0.613. The van der Waals surface area contributed by atoms with Gasteiger partial charge in [-0.2, -0.15) is 0 Å². The van der Waals surface area contributed by atoms with Crippen LogP contribution in [0.1, 0.15) is 38.2 Å². The molecule has 4 heteroatoms. The maximum atomic E-state index is 5.70. The average molecular weight is 297 g/mol. The Morgan fingerprint density at radius 1 is 0.955 bits per heavy atom. The first-order valence-corrected chi connectivity index (χ1v) is 7.85. The quantitative estimate of drug-likeness (QED) is 0.459. The molecular weight excluding hydrogens is 274 g/mol. The van der Waals surface area contributed by atoms with Crippen LogP contribution in [-0.2, 0) is 0 Å². The molecule has 0 N–H and O–H groups in total. The second-order valence-corrected chi connectivity index (χ2v) is 5.30. The molecule has 0 atom stereocenters. The van der Waals surface area contributed by atoms with Crippen LogP contribution < -0.4 is 4.74 Å². The number of rotatable bonds is 8. The van der Waals surface area contributed by atoms with Crippen molar-refractivity contribution in [1.82, 2.24) is 4.98 Å². The average Bonchev–Trinajstić information content (AvgIpc) is 2.55. The first-order chi connectivity index (χ1) is 10.8. The number of ether oxygens (including phenoxy) is 1. The molecule has 1 heterocycles. The molecule has 0 saturated carbocycles. The van der Waals surface area contributed by atoms with Crippen molar-refractivity contribution in [1.29, 1.82) is 0 Å². The molecule has 0 saturated heterocycles. The number of hydrogen-bond acceptors (Lipinski definition) is 4. The molecule has 1 aromatic heterocycles. The van der Waals surface area contributed by atoms with E-state index in [0.717, 1.165) is 30.0 Å². The predicted octanol–water partition coefficient (Wildman–Crippen LogP) is 5.76. The number of benzene rings is 1. The maximum absolute atomic E-state index is 5.70. The standard InChI is InChI=1S/C18H23N3O/c1-3-4-5-6-13-22-17-10-8-16(9-11-17)20-21-18-12-7-15(2)14-19-18/h7-12,14H,3-6,13H2,1-2H3. The number of azo groups is 1. The molecule has 0 spiro atoms.